The van der Waals surface area contributed by atoms with E-state index in [2.05, 4.69) is 20.4 Å². The second-order valence-corrected chi connectivity index (χ2v) is 6.54. The molecule has 0 aliphatic heterocycles. The Balaban J connectivity index is 1.61. The van der Waals surface area contributed by atoms with Crippen LogP contribution in [0.3, 0.4) is 0 Å². The van der Waals surface area contributed by atoms with E-state index in [4.69, 9.17) is 4.74 Å². The lowest BCUT2D eigenvalue weighted by molar-refractivity contribution is 0.102. The van der Waals surface area contributed by atoms with E-state index in [0.717, 1.165) is 24.1 Å². The van der Waals surface area contributed by atoms with Gasteiger partial charge in [-0.15, -0.1) is 11.3 Å². The third-order valence-corrected chi connectivity index (χ3v) is 5.06. The van der Waals surface area contributed by atoms with Gasteiger partial charge in [0.25, 0.3) is 5.91 Å². The van der Waals surface area contributed by atoms with Crippen molar-refractivity contribution >= 4 is 22.4 Å². The molecular weight excluding hydrogens is 326 g/mol. The molecule has 0 spiro atoms. The highest BCUT2D eigenvalue weighted by molar-refractivity contribution is 7.16. The summed E-state index contributed by atoms with van der Waals surface area (Å²) in [6, 6.07) is 3.24. The van der Waals surface area contributed by atoms with E-state index in [9.17, 15) is 4.79 Å². The Labute approximate surface area is 142 Å². The molecule has 3 heterocycles. The molecule has 1 amide bonds. The summed E-state index contributed by atoms with van der Waals surface area (Å²) in [7, 11) is 3.46. The van der Waals surface area contributed by atoms with Gasteiger partial charge in [0.2, 0.25) is 5.88 Å². The molecule has 0 fully saturated rings. The van der Waals surface area contributed by atoms with Gasteiger partial charge in [-0.25, -0.2) is 9.97 Å². The minimum atomic E-state index is -0.229. The first kappa shape index (κ1) is 14.8. The third kappa shape index (κ3) is 2.44. The van der Waals surface area contributed by atoms with Crippen molar-refractivity contribution in [1.82, 2.24) is 19.7 Å². The Hall–Kier alpha value is -2.74. The van der Waals surface area contributed by atoms with Crippen LogP contribution >= 0.6 is 11.3 Å². The van der Waals surface area contributed by atoms with Crippen LogP contribution in [0.2, 0.25) is 0 Å². The van der Waals surface area contributed by atoms with E-state index in [-0.39, 0.29) is 5.91 Å². The molecule has 0 saturated heterocycles. The van der Waals surface area contributed by atoms with E-state index in [0.29, 0.717) is 16.6 Å². The van der Waals surface area contributed by atoms with Crippen LogP contribution in [-0.2, 0) is 19.9 Å². The Morgan fingerprint density at radius 1 is 1.42 bits per heavy atom. The number of nitrogens with one attached hydrogen (secondary N) is 1. The van der Waals surface area contributed by atoms with Crippen molar-refractivity contribution in [2.75, 3.05) is 12.4 Å². The zero-order chi connectivity index (χ0) is 16.7. The number of amides is 1. The molecule has 1 aliphatic carbocycles. The number of anilines is 1. The molecule has 0 radical (unpaired) electrons. The molecular formula is C16H15N5O2S. The molecule has 3 aromatic heterocycles. The summed E-state index contributed by atoms with van der Waals surface area (Å²) in [5.74, 6) is 0.175. The Morgan fingerprint density at radius 3 is 3.12 bits per heavy atom. The Bertz CT molecular complexity index is 930. The van der Waals surface area contributed by atoms with Gasteiger partial charge in [-0.05, 0) is 18.9 Å². The molecule has 7 nitrogen and oxygen atoms in total. The fourth-order valence-electron chi connectivity index (χ4n) is 2.81. The standard InChI is InChI=1S/C16H15N5O2S/c1-21-11-3-4-12-14(10(11)8-18-21)19-16(24-12)20-15(22)9-5-6-17-13(7-9)23-2/h5-8H,3-4H2,1-2H3,(H,19,20,22). The largest absolute Gasteiger partial charge is 0.481 e. The van der Waals surface area contributed by atoms with Crippen molar-refractivity contribution in [3.05, 3.63) is 40.7 Å². The summed E-state index contributed by atoms with van der Waals surface area (Å²) in [5.41, 5.74) is 3.65. The number of aryl methyl sites for hydroxylation is 2. The Morgan fingerprint density at radius 2 is 2.29 bits per heavy atom. The van der Waals surface area contributed by atoms with Crippen molar-refractivity contribution in [2.45, 2.75) is 12.8 Å². The molecule has 3 aromatic rings. The molecule has 4 rings (SSSR count). The lowest BCUT2D eigenvalue weighted by Crippen LogP contribution is -2.12. The molecule has 0 bridgehead atoms. The topological polar surface area (TPSA) is 81.9 Å². The van der Waals surface area contributed by atoms with Crippen molar-refractivity contribution < 1.29 is 9.53 Å². The molecule has 0 atom stereocenters. The smallest absolute Gasteiger partial charge is 0.257 e. The van der Waals surface area contributed by atoms with Crippen LogP contribution < -0.4 is 10.1 Å². The maximum absolute atomic E-state index is 12.4. The van der Waals surface area contributed by atoms with E-state index in [1.807, 2.05) is 17.9 Å². The first-order valence-corrected chi connectivity index (χ1v) is 8.29. The second-order valence-electron chi connectivity index (χ2n) is 5.46. The molecule has 0 unspecified atom stereocenters. The molecule has 1 N–H and O–H groups in total. The van der Waals surface area contributed by atoms with Crippen LogP contribution in [0.4, 0.5) is 5.13 Å². The number of carbonyl (C=O) groups excluding carboxylic acids is 1. The maximum Gasteiger partial charge on any atom is 0.257 e. The maximum atomic E-state index is 12.4. The number of aromatic nitrogens is 4. The van der Waals surface area contributed by atoms with Gasteiger partial charge in [-0.2, -0.15) is 5.10 Å². The van der Waals surface area contributed by atoms with Gasteiger partial charge in [-0.1, -0.05) is 0 Å². The van der Waals surface area contributed by atoms with Crippen molar-refractivity contribution in [3.8, 4) is 17.1 Å². The number of hydrogen-bond acceptors (Lipinski definition) is 6. The monoisotopic (exact) mass is 341 g/mol. The lowest BCUT2D eigenvalue weighted by atomic mass is 10.0. The van der Waals surface area contributed by atoms with Crippen LogP contribution in [0.1, 0.15) is 20.9 Å². The fraction of sp³-hybridized carbons (Fsp3) is 0.250. The summed E-state index contributed by atoms with van der Waals surface area (Å²) in [6.07, 6.45) is 5.24. The number of carbonyl (C=O) groups is 1. The average molecular weight is 341 g/mol. The number of ether oxygens (including phenoxy) is 1. The van der Waals surface area contributed by atoms with E-state index >= 15 is 0 Å². The minimum absolute atomic E-state index is 0.229. The molecule has 24 heavy (non-hydrogen) atoms. The molecule has 0 aromatic carbocycles. The van der Waals surface area contributed by atoms with Crippen molar-refractivity contribution in [1.29, 1.82) is 0 Å². The summed E-state index contributed by atoms with van der Waals surface area (Å²) in [6.45, 7) is 0. The molecule has 122 valence electrons. The number of hydrogen-bond donors (Lipinski definition) is 1. The van der Waals surface area contributed by atoms with Gasteiger partial charge in [-0.3, -0.25) is 14.8 Å². The van der Waals surface area contributed by atoms with E-state index < -0.39 is 0 Å². The summed E-state index contributed by atoms with van der Waals surface area (Å²) in [5, 5.41) is 7.76. The lowest BCUT2D eigenvalue weighted by Gasteiger charge is -2.10. The first-order chi connectivity index (χ1) is 11.7. The number of pyridine rings is 1. The molecule has 1 aliphatic rings. The van der Waals surface area contributed by atoms with Gasteiger partial charge in [0.15, 0.2) is 5.13 Å². The number of thiazole rings is 1. The fourth-order valence-corrected chi connectivity index (χ4v) is 3.78. The second kappa shape index (κ2) is 5.72. The molecule has 0 saturated carbocycles. The van der Waals surface area contributed by atoms with Crippen molar-refractivity contribution in [2.24, 2.45) is 7.05 Å². The van der Waals surface area contributed by atoms with Crippen LogP contribution in [0.15, 0.2) is 24.5 Å². The normalized spacial score (nSPS) is 12.4. The van der Waals surface area contributed by atoms with Gasteiger partial charge in [0.05, 0.1) is 19.0 Å². The number of fused-ring (bicyclic) bond motifs is 3. The highest BCUT2D eigenvalue weighted by Gasteiger charge is 2.24. The van der Waals surface area contributed by atoms with Crippen LogP contribution in [0, 0.1) is 0 Å². The summed E-state index contributed by atoms with van der Waals surface area (Å²) in [4.78, 5) is 22.2. The third-order valence-electron chi connectivity index (χ3n) is 4.03. The van der Waals surface area contributed by atoms with E-state index in [1.165, 1.54) is 29.0 Å². The van der Waals surface area contributed by atoms with Crippen molar-refractivity contribution in [3.63, 3.8) is 0 Å². The number of nitrogens with zero attached hydrogens (tertiary/aromatic N) is 4. The summed E-state index contributed by atoms with van der Waals surface area (Å²) >= 11 is 1.51. The average Bonchev–Trinajstić information content (AvgIpc) is 3.18. The van der Waals surface area contributed by atoms with Crippen LogP contribution in [0.25, 0.3) is 11.3 Å². The SMILES string of the molecule is COc1cc(C(=O)Nc2nc3c(s2)CCc2c-3cnn2C)ccn1. The van der Waals surface area contributed by atoms with Gasteiger partial charge in [0.1, 0.15) is 0 Å². The van der Waals surface area contributed by atoms with Gasteiger partial charge in [0, 0.05) is 41.0 Å². The highest BCUT2D eigenvalue weighted by atomic mass is 32.1. The minimum Gasteiger partial charge on any atom is -0.481 e. The van der Waals surface area contributed by atoms with Gasteiger partial charge < -0.3 is 4.74 Å². The zero-order valence-corrected chi connectivity index (χ0v) is 14.1. The number of rotatable bonds is 3. The zero-order valence-electron chi connectivity index (χ0n) is 13.2. The highest BCUT2D eigenvalue weighted by Crippen LogP contribution is 2.37. The summed E-state index contributed by atoms with van der Waals surface area (Å²) < 4.78 is 6.94. The van der Waals surface area contributed by atoms with E-state index in [1.54, 1.807) is 18.3 Å². The quantitative estimate of drug-likeness (QED) is 0.790. The molecule has 8 heteroatoms. The first-order valence-electron chi connectivity index (χ1n) is 7.48. The number of methoxy groups -OCH3 is 1. The van der Waals surface area contributed by atoms with Crippen LogP contribution in [-0.4, -0.2) is 32.8 Å². The Kier molecular flexibility index (Phi) is 3.53. The van der Waals surface area contributed by atoms with Gasteiger partial charge >= 0.3 is 0 Å². The predicted octanol–water partition coefficient (Wildman–Crippen LogP) is 2.30. The van der Waals surface area contributed by atoms with Crippen LogP contribution in [0.5, 0.6) is 5.88 Å². The predicted molar refractivity (Wildman–Crippen MR) is 90.5 cm³/mol.